The average molecular weight is 319 g/mol. The van der Waals surface area contributed by atoms with Gasteiger partial charge in [0.25, 0.3) is 5.91 Å². The van der Waals surface area contributed by atoms with E-state index in [0.717, 1.165) is 15.6 Å². The quantitative estimate of drug-likeness (QED) is 0.845. The molecule has 98 valence electrons. The van der Waals surface area contributed by atoms with Gasteiger partial charge in [-0.15, -0.1) is 0 Å². The minimum atomic E-state index is -0.0493. The Balaban J connectivity index is 2.36. The molecule has 4 heteroatoms. The molecule has 0 aliphatic heterocycles. The lowest BCUT2D eigenvalue weighted by atomic mass is 10.0. The third kappa shape index (κ3) is 3.01. The van der Waals surface area contributed by atoms with Crippen LogP contribution >= 0.6 is 15.9 Å². The molecule has 1 aromatic heterocycles. The zero-order chi connectivity index (χ0) is 14.0. The molecule has 0 spiro atoms. The zero-order valence-electron chi connectivity index (χ0n) is 11.1. The number of pyridine rings is 1. The number of rotatable bonds is 2. The van der Waals surface area contributed by atoms with Gasteiger partial charge in [-0.3, -0.25) is 9.69 Å². The predicted molar refractivity (Wildman–Crippen MR) is 80.6 cm³/mol. The first-order valence-electron chi connectivity index (χ1n) is 5.96. The van der Waals surface area contributed by atoms with Gasteiger partial charge in [-0.25, -0.2) is 4.98 Å². The number of halogens is 1. The van der Waals surface area contributed by atoms with E-state index in [1.54, 1.807) is 18.1 Å². The van der Waals surface area contributed by atoms with Crippen molar-refractivity contribution in [2.45, 2.75) is 13.8 Å². The Hall–Kier alpha value is -1.68. The van der Waals surface area contributed by atoms with Crippen molar-refractivity contribution in [1.82, 2.24) is 4.98 Å². The number of amides is 1. The van der Waals surface area contributed by atoms with E-state index in [4.69, 9.17) is 0 Å². The van der Waals surface area contributed by atoms with Crippen LogP contribution in [0.5, 0.6) is 0 Å². The summed E-state index contributed by atoms with van der Waals surface area (Å²) in [7, 11) is 1.74. The van der Waals surface area contributed by atoms with Crippen LogP contribution in [0.4, 0.5) is 5.82 Å². The summed E-state index contributed by atoms with van der Waals surface area (Å²) in [5.74, 6) is 0.576. The van der Waals surface area contributed by atoms with Crippen molar-refractivity contribution in [3.05, 3.63) is 57.7 Å². The highest BCUT2D eigenvalue weighted by Crippen LogP contribution is 2.19. The van der Waals surface area contributed by atoms with Crippen molar-refractivity contribution in [2.75, 3.05) is 11.9 Å². The van der Waals surface area contributed by atoms with Gasteiger partial charge >= 0.3 is 0 Å². The van der Waals surface area contributed by atoms with Crippen molar-refractivity contribution in [3.63, 3.8) is 0 Å². The molecule has 1 heterocycles. The molecule has 1 amide bonds. The monoisotopic (exact) mass is 318 g/mol. The van der Waals surface area contributed by atoms with E-state index in [2.05, 4.69) is 20.9 Å². The number of hydrogen-bond acceptors (Lipinski definition) is 2. The first-order valence-corrected chi connectivity index (χ1v) is 6.75. The van der Waals surface area contributed by atoms with Crippen molar-refractivity contribution >= 4 is 27.7 Å². The number of aryl methyl sites for hydroxylation is 2. The Labute approximate surface area is 121 Å². The van der Waals surface area contributed by atoms with Crippen LogP contribution in [0.1, 0.15) is 21.5 Å². The average Bonchev–Trinajstić information content (AvgIpc) is 2.40. The van der Waals surface area contributed by atoms with Gasteiger partial charge in [-0.05, 0) is 37.6 Å². The summed E-state index contributed by atoms with van der Waals surface area (Å²) in [4.78, 5) is 18.3. The van der Waals surface area contributed by atoms with E-state index in [1.807, 2.05) is 44.2 Å². The molecule has 0 atom stereocenters. The molecule has 0 unspecified atom stereocenters. The van der Waals surface area contributed by atoms with Crippen LogP contribution in [0.15, 0.2) is 41.0 Å². The summed E-state index contributed by atoms with van der Waals surface area (Å²) < 4.78 is 0.901. The minimum absolute atomic E-state index is 0.0493. The number of carbonyl (C=O) groups is 1. The van der Waals surface area contributed by atoms with Gasteiger partial charge in [0.15, 0.2) is 0 Å². The van der Waals surface area contributed by atoms with Crippen molar-refractivity contribution in [2.24, 2.45) is 0 Å². The third-order valence-corrected chi connectivity index (χ3v) is 3.47. The van der Waals surface area contributed by atoms with E-state index in [0.29, 0.717) is 11.4 Å². The van der Waals surface area contributed by atoms with E-state index in [1.165, 1.54) is 0 Å². The highest BCUT2D eigenvalue weighted by Gasteiger charge is 2.16. The summed E-state index contributed by atoms with van der Waals surface area (Å²) in [6, 6.07) is 9.53. The molecule has 2 rings (SSSR count). The molecular formula is C15H15BrN2O. The van der Waals surface area contributed by atoms with E-state index >= 15 is 0 Å². The Morgan fingerprint density at radius 3 is 2.63 bits per heavy atom. The zero-order valence-corrected chi connectivity index (χ0v) is 12.7. The number of anilines is 1. The van der Waals surface area contributed by atoms with Gasteiger partial charge in [-0.1, -0.05) is 33.6 Å². The summed E-state index contributed by atoms with van der Waals surface area (Å²) in [6.45, 7) is 3.92. The lowest BCUT2D eigenvalue weighted by molar-refractivity contribution is 0.0991. The van der Waals surface area contributed by atoms with Gasteiger partial charge in [-0.2, -0.15) is 0 Å². The molecule has 0 saturated carbocycles. The number of hydrogen-bond donors (Lipinski definition) is 0. The number of aromatic nitrogens is 1. The molecule has 0 aliphatic rings. The first-order chi connectivity index (χ1) is 8.99. The molecule has 2 aromatic rings. The molecule has 0 saturated heterocycles. The second-order valence-corrected chi connectivity index (χ2v) is 5.43. The van der Waals surface area contributed by atoms with Gasteiger partial charge in [0.1, 0.15) is 5.82 Å². The van der Waals surface area contributed by atoms with E-state index in [9.17, 15) is 4.79 Å². The van der Waals surface area contributed by atoms with Crippen molar-refractivity contribution < 1.29 is 4.79 Å². The van der Waals surface area contributed by atoms with E-state index in [-0.39, 0.29) is 5.91 Å². The number of nitrogens with zero attached hydrogens (tertiary/aromatic N) is 2. The Bertz CT molecular complexity index is 625. The SMILES string of the molecule is Cc1ccc(C)c(C(=O)N(C)c2cc(Br)ccn2)c1. The Morgan fingerprint density at radius 1 is 1.21 bits per heavy atom. The fourth-order valence-corrected chi connectivity index (χ4v) is 2.15. The summed E-state index contributed by atoms with van der Waals surface area (Å²) in [6.07, 6.45) is 1.67. The normalized spacial score (nSPS) is 10.3. The van der Waals surface area contributed by atoms with Gasteiger partial charge < -0.3 is 0 Å². The second kappa shape index (κ2) is 5.53. The van der Waals surface area contributed by atoms with Crippen LogP contribution in [-0.4, -0.2) is 17.9 Å². The maximum Gasteiger partial charge on any atom is 0.259 e. The largest absolute Gasteiger partial charge is 0.296 e. The van der Waals surface area contributed by atoms with Crippen molar-refractivity contribution in [1.29, 1.82) is 0 Å². The number of benzene rings is 1. The van der Waals surface area contributed by atoms with Crippen LogP contribution in [0.25, 0.3) is 0 Å². The van der Waals surface area contributed by atoms with Crippen LogP contribution in [0.3, 0.4) is 0 Å². The first kappa shape index (κ1) is 13.7. The molecule has 0 N–H and O–H groups in total. The van der Waals surface area contributed by atoms with Crippen LogP contribution in [0.2, 0.25) is 0 Å². The number of carbonyl (C=O) groups excluding carboxylic acids is 1. The summed E-state index contributed by atoms with van der Waals surface area (Å²) in [5.41, 5.74) is 2.76. The Kier molecular flexibility index (Phi) is 4.00. The highest BCUT2D eigenvalue weighted by atomic mass is 79.9. The smallest absolute Gasteiger partial charge is 0.259 e. The molecular weight excluding hydrogens is 304 g/mol. The van der Waals surface area contributed by atoms with Gasteiger partial charge in [0.2, 0.25) is 0 Å². The van der Waals surface area contributed by atoms with Crippen LogP contribution < -0.4 is 4.90 Å². The molecule has 19 heavy (non-hydrogen) atoms. The lowest BCUT2D eigenvalue weighted by Gasteiger charge is -2.18. The van der Waals surface area contributed by atoms with Crippen LogP contribution in [-0.2, 0) is 0 Å². The maximum atomic E-state index is 12.5. The lowest BCUT2D eigenvalue weighted by Crippen LogP contribution is -2.27. The van der Waals surface area contributed by atoms with Crippen LogP contribution in [0, 0.1) is 13.8 Å². The Morgan fingerprint density at radius 2 is 1.95 bits per heavy atom. The van der Waals surface area contributed by atoms with E-state index < -0.39 is 0 Å². The van der Waals surface area contributed by atoms with Crippen molar-refractivity contribution in [3.8, 4) is 0 Å². The fraction of sp³-hybridized carbons (Fsp3) is 0.200. The molecule has 0 radical (unpaired) electrons. The fourth-order valence-electron chi connectivity index (χ4n) is 1.83. The molecule has 0 fully saturated rings. The maximum absolute atomic E-state index is 12.5. The second-order valence-electron chi connectivity index (χ2n) is 4.51. The van der Waals surface area contributed by atoms with Gasteiger partial charge in [0, 0.05) is 23.3 Å². The summed E-state index contributed by atoms with van der Waals surface area (Å²) in [5, 5.41) is 0. The topological polar surface area (TPSA) is 33.2 Å². The molecule has 0 bridgehead atoms. The molecule has 0 aliphatic carbocycles. The van der Waals surface area contributed by atoms with Gasteiger partial charge in [0.05, 0.1) is 0 Å². The predicted octanol–water partition coefficient (Wildman–Crippen LogP) is 3.74. The molecule has 3 nitrogen and oxygen atoms in total. The molecule has 1 aromatic carbocycles. The third-order valence-electron chi connectivity index (χ3n) is 2.98. The minimum Gasteiger partial charge on any atom is -0.296 e. The standard InChI is InChI=1S/C15H15BrN2O/c1-10-4-5-11(2)13(8-10)15(19)18(3)14-9-12(16)6-7-17-14/h4-9H,1-3H3. The summed E-state index contributed by atoms with van der Waals surface area (Å²) >= 11 is 3.38. The highest BCUT2D eigenvalue weighted by molar-refractivity contribution is 9.10.